The highest BCUT2D eigenvalue weighted by Crippen LogP contribution is 2.13. The third-order valence-corrected chi connectivity index (χ3v) is 8.13. The van der Waals surface area contributed by atoms with Gasteiger partial charge < -0.3 is 24.3 Å². The Hall–Kier alpha value is -0.690. The maximum atomic E-state index is 11.8. The van der Waals surface area contributed by atoms with Gasteiger partial charge in [0.2, 0.25) is 0 Å². The second-order valence-electron chi connectivity index (χ2n) is 13.0. The Balaban J connectivity index is -0.00000464. The van der Waals surface area contributed by atoms with Gasteiger partial charge in [-0.3, -0.25) is 4.79 Å². The van der Waals surface area contributed by atoms with Gasteiger partial charge >= 0.3 is 5.97 Å². The number of hydrogen-bond donors (Lipinski definition) is 1. The SMILES string of the molecule is CC.CC.CCCCCCCCCCCCCCOC(COC)COCCCCCCCCCCCCCN[C@@H](C)C(=O)OC(C)C. The van der Waals surface area contributed by atoms with E-state index in [9.17, 15) is 4.79 Å². The predicted octanol–water partition coefficient (Wildman–Crippen LogP) is 12.0. The van der Waals surface area contributed by atoms with Gasteiger partial charge in [-0.05, 0) is 46.6 Å². The Morgan fingerprint density at radius 2 is 0.957 bits per heavy atom. The highest BCUT2D eigenvalue weighted by atomic mass is 16.6. The summed E-state index contributed by atoms with van der Waals surface area (Å²) in [6.45, 7) is 19.7. The van der Waals surface area contributed by atoms with Crippen LogP contribution in [0.5, 0.6) is 0 Å². The van der Waals surface area contributed by atoms with Crippen LogP contribution in [0.25, 0.3) is 0 Å². The molecule has 0 heterocycles. The smallest absolute Gasteiger partial charge is 0.323 e. The third-order valence-electron chi connectivity index (χ3n) is 8.13. The number of carbonyl (C=O) groups is 1. The van der Waals surface area contributed by atoms with Crippen LogP contribution >= 0.6 is 0 Å². The quantitative estimate of drug-likeness (QED) is 0.0533. The number of ether oxygens (including phenoxy) is 4. The van der Waals surface area contributed by atoms with Gasteiger partial charge in [0.1, 0.15) is 12.1 Å². The van der Waals surface area contributed by atoms with Gasteiger partial charge in [-0.2, -0.15) is 0 Å². The summed E-state index contributed by atoms with van der Waals surface area (Å²) < 4.78 is 22.5. The Labute approximate surface area is 296 Å². The number of rotatable bonds is 35. The normalized spacial score (nSPS) is 12.2. The van der Waals surface area contributed by atoms with Gasteiger partial charge in [-0.15, -0.1) is 0 Å². The molecule has 2 atom stereocenters. The van der Waals surface area contributed by atoms with Crippen molar-refractivity contribution in [2.75, 3.05) is 40.1 Å². The molecule has 47 heavy (non-hydrogen) atoms. The molecule has 1 N–H and O–H groups in total. The molecule has 0 radical (unpaired) electrons. The molecule has 0 spiro atoms. The van der Waals surface area contributed by atoms with Crippen LogP contribution in [0.1, 0.15) is 203 Å². The maximum absolute atomic E-state index is 11.8. The van der Waals surface area contributed by atoms with Gasteiger partial charge in [0.15, 0.2) is 0 Å². The minimum Gasteiger partial charge on any atom is -0.462 e. The fourth-order valence-corrected chi connectivity index (χ4v) is 5.39. The van der Waals surface area contributed by atoms with E-state index >= 15 is 0 Å². The molecule has 0 rings (SSSR count). The fraction of sp³-hybridized carbons (Fsp3) is 0.976. The van der Waals surface area contributed by atoms with E-state index in [4.69, 9.17) is 18.9 Å². The van der Waals surface area contributed by atoms with E-state index in [2.05, 4.69) is 12.2 Å². The van der Waals surface area contributed by atoms with E-state index in [1.807, 2.05) is 48.5 Å². The zero-order valence-electron chi connectivity index (χ0n) is 33.6. The Bertz CT molecular complexity index is 560. The van der Waals surface area contributed by atoms with Crippen LogP contribution in [0.15, 0.2) is 0 Å². The largest absolute Gasteiger partial charge is 0.462 e. The summed E-state index contributed by atoms with van der Waals surface area (Å²) in [5, 5.41) is 3.27. The second kappa shape index (κ2) is 45.3. The van der Waals surface area contributed by atoms with Crippen LogP contribution in [0, 0.1) is 0 Å². The summed E-state index contributed by atoms with van der Waals surface area (Å²) in [5.74, 6) is -0.150. The van der Waals surface area contributed by atoms with Crippen molar-refractivity contribution in [3.05, 3.63) is 0 Å². The molecular weight excluding hydrogens is 586 g/mol. The Morgan fingerprint density at radius 3 is 1.38 bits per heavy atom. The molecule has 6 nitrogen and oxygen atoms in total. The van der Waals surface area contributed by atoms with E-state index in [0.29, 0.717) is 13.2 Å². The molecule has 6 heteroatoms. The molecule has 0 aliphatic rings. The molecule has 0 saturated heterocycles. The van der Waals surface area contributed by atoms with Gasteiger partial charge in [0, 0.05) is 20.3 Å². The zero-order chi connectivity index (χ0) is 35.6. The minimum absolute atomic E-state index is 0.0471. The molecular formula is C41H87NO5. The summed E-state index contributed by atoms with van der Waals surface area (Å²) in [6.07, 6.45) is 30.5. The lowest BCUT2D eigenvalue weighted by Gasteiger charge is -2.17. The van der Waals surface area contributed by atoms with Crippen molar-refractivity contribution < 1.29 is 23.7 Å². The van der Waals surface area contributed by atoms with Crippen LogP contribution in [-0.4, -0.2) is 64.3 Å². The van der Waals surface area contributed by atoms with E-state index in [-0.39, 0.29) is 24.2 Å². The molecule has 0 aliphatic heterocycles. The van der Waals surface area contributed by atoms with Crippen molar-refractivity contribution in [1.82, 2.24) is 5.32 Å². The summed E-state index contributed by atoms with van der Waals surface area (Å²) in [5.41, 5.74) is 0. The van der Waals surface area contributed by atoms with Crippen molar-refractivity contribution in [3.63, 3.8) is 0 Å². The number of unbranched alkanes of at least 4 members (excludes halogenated alkanes) is 21. The van der Waals surface area contributed by atoms with Crippen LogP contribution in [-0.2, 0) is 23.7 Å². The first-order valence-electron chi connectivity index (χ1n) is 20.6. The fourth-order valence-electron chi connectivity index (χ4n) is 5.39. The molecule has 286 valence electrons. The van der Waals surface area contributed by atoms with Crippen LogP contribution < -0.4 is 5.32 Å². The lowest BCUT2D eigenvalue weighted by molar-refractivity contribution is -0.149. The Kier molecular flexibility index (Phi) is 48.9. The third kappa shape index (κ3) is 43.3. The van der Waals surface area contributed by atoms with Gasteiger partial charge in [-0.25, -0.2) is 0 Å². The molecule has 0 saturated carbocycles. The van der Waals surface area contributed by atoms with E-state index in [0.717, 1.165) is 39.0 Å². The van der Waals surface area contributed by atoms with Crippen LogP contribution in [0.2, 0.25) is 0 Å². The summed E-state index contributed by atoms with van der Waals surface area (Å²) in [6, 6.07) is -0.214. The van der Waals surface area contributed by atoms with Gasteiger partial charge in [0.25, 0.3) is 0 Å². The summed E-state index contributed by atoms with van der Waals surface area (Å²) >= 11 is 0. The molecule has 0 aromatic rings. The molecule has 1 unspecified atom stereocenters. The van der Waals surface area contributed by atoms with Crippen molar-refractivity contribution in [2.24, 2.45) is 0 Å². The topological polar surface area (TPSA) is 66.0 Å². The first kappa shape index (κ1) is 50.7. The number of methoxy groups -OCH3 is 1. The van der Waals surface area contributed by atoms with Crippen LogP contribution in [0.3, 0.4) is 0 Å². The monoisotopic (exact) mass is 674 g/mol. The first-order valence-corrected chi connectivity index (χ1v) is 20.6. The molecule has 0 fully saturated rings. The summed E-state index contributed by atoms with van der Waals surface area (Å²) in [7, 11) is 1.75. The van der Waals surface area contributed by atoms with Gasteiger partial charge in [-0.1, -0.05) is 163 Å². The average molecular weight is 674 g/mol. The minimum atomic E-state index is -0.214. The van der Waals surface area contributed by atoms with E-state index < -0.39 is 0 Å². The Morgan fingerprint density at radius 1 is 0.553 bits per heavy atom. The van der Waals surface area contributed by atoms with E-state index in [1.54, 1.807) is 7.11 Å². The first-order chi connectivity index (χ1) is 23.0. The van der Waals surface area contributed by atoms with Crippen molar-refractivity contribution >= 4 is 5.97 Å². The van der Waals surface area contributed by atoms with Crippen molar-refractivity contribution in [1.29, 1.82) is 0 Å². The molecule has 0 amide bonds. The summed E-state index contributed by atoms with van der Waals surface area (Å²) in [4.78, 5) is 11.8. The van der Waals surface area contributed by atoms with Crippen LogP contribution in [0.4, 0.5) is 0 Å². The lowest BCUT2D eigenvalue weighted by Crippen LogP contribution is -2.37. The average Bonchev–Trinajstić information content (AvgIpc) is 3.07. The number of carbonyl (C=O) groups excluding carboxylic acids is 1. The highest BCUT2D eigenvalue weighted by Gasteiger charge is 2.14. The zero-order valence-corrected chi connectivity index (χ0v) is 33.6. The van der Waals surface area contributed by atoms with Crippen molar-refractivity contribution in [3.8, 4) is 0 Å². The number of esters is 1. The lowest BCUT2D eigenvalue weighted by atomic mass is 10.1. The highest BCUT2D eigenvalue weighted by molar-refractivity contribution is 5.75. The second-order valence-corrected chi connectivity index (χ2v) is 13.0. The number of nitrogens with one attached hydrogen (secondary N) is 1. The maximum Gasteiger partial charge on any atom is 0.323 e. The predicted molar refractivity (Wildman–Crippen MR) is 206 cm³/mol. The van der Waals surface area contributed by atoms with Crippen molar-refractivity contribution in [2.45, 2.75) is 221 Å². The van der Waals surface area contributed by atoms with E-state index in [1.165, 1.54) is 128 Å². The van der Waals surface area contributed by atoms with Gasteiger partial charge in [0.05, 0.1) is 19.3 Å². The molecule has 0 aliphatic carbocycles. The molecule has 0 bridgehead atoms. The molecule has 0 aromatic carbocycles. The molecule has 0 aromatic heterocycles. The standard InChI is InChI=1S/C37H75NO5.2C2H6/c1-6-7-8-9-10-11-12-16-19-22-25-28-31-42-36(32-40-5)33-41-30-27-24-21-18-15-13-14-17-20-23-26-29-38-35(4)37(39)43-34(2)3;2*1-2/h34-36,38H,6-33H2,1-5H3;2*1-2H3/t35-,36?;;/m0../s1. The number of hydrogen-bond acceptors (Lipinski definition) is 6.